The molecule has 1 aromatic heterocycles. The number of likely N-dealkylation sites (N-methyl/N-ethyl adjacent to an activating group) is 1. The third-order valence-corrected chi connectivity index (χ3v) is 4.76. The summed E-state index contributed by atoms with van der Waals surface area (Å²) in [6.07, 6.45) is 1.56. The number of carbonyl (C=O) groups is 2. The summed E-state index contributed by atoms with van der Waals surface area (Å²) in [5, 5.41) is 4.03. The van der Waals surface area contributed by atoms with Crippen molar-refractivity contribution < 1.29 is 28.5 Å². The molecule has 1 unspecified atom stereocenters. The van der Waals surface area contributed by atoms with Crippen molar-refractivity contribution in [2.24, 2.45) is 0 Å². The van der Waals surface area contributed by atoms with Crippen LogP contribution >= 0.6 is 0 Å². The van der Waals surface area contributed by atoms with Crippen LogP contribution in [0, 0.1) is 0 Å². The monoisotopic (exact) mass is 405 g/mol. The van der Waals surface area contributed by atoms with Gasteiger partial charge in [0.2, 0.25) is 6.79 Å². The van der Waals surface area contributed by atoms with Gasteiger partial charge in [-0.05, 0) is 51.2 Å². The Kier molecular flexibility index (Phi) is 6.95. The summed E-state index contributed by atoms with van der Waals surface area (Å²) < 4.78 is 21.8. The molecule has 29 heavy (non-hydrogen) atoms. The number of nitrogens with one attached hydrogen (secondary N) is 1. The number of aromatic nitrogens is 1. The molecule has 2 aromatic rings. The molecule has 9 nitrogen and oxygen atoms in total. The molecule has 1 atom stereocenters. The van der Waals surface area contributed by atoms with Gasteiger partial charge in [0, 0.05) is 30.7 Å². The Morgan fingerprint density at radius 2 is 2.10 bits per heavy atom. The lowest BCUT2D eigenvalue weighted by molar-refractivity contribution is -0.0262. The summed E-state index contributed by atoms with van der Waals surface area (Å²) in [5.41, 5.74) is 1.69. The Bertz CT molecular complexity index is 857. The molecule has 0 bridgehead atoms. The number of rotatable bonds is 7. The van der Waals surface area contributed by atoms with Crippen LogP contribution in [0.25, 0.3) is 10.9 Å². The van der Waals surface area contributed by atoms with Gasteiger partial charge in [-0.25, -0.2) is 9.59 Å². The van der Waals surface area contributed by atoms with E-state index < -0.39 is 19.0 Å². The Labute approximate surface area is 169 Å². The molecule has 1 saturated heterocycles. The highest BCUT2D eigenvalue weighted by atomic mass is 16.8. The smallest absolute Gasteiger partial charge is 0.497 e. The van der Waals surface area contributed by atoms with Crippen molar-refractivity contribution in [1.29, 1.82) is 0 Å². The van der Waals surface area contributed by atoms with E-state index in [9.17, 15) is 9.59 Å². The zero-order valence-corrected chi connectivity index (χ0v) is 17.0. The van der Waals surface area contributed by atoms with Gasteiger partial charge >= 0.3 is 12.2 Å². The van der Waals surface area contributed by atoms with E-state index in [1.807, 2.05) is 26.2 Å². The molecule has 1 fully saturated rings. The molecule has 0 spiro atoms. The molecule has 9 heteroatoms. The van der Waals surface area contributed by atoms with Crippen LogP contribution in [0.2, 0.25) is 0 Å². The third-order valence-electron chi connectivity index (χ3n) is 4.76. The van der Waals surface area contributed by atoms with Gasteiger partial charge in [0.25, 0.3) is 0 Å². The molecule has 1 aliphatic rings. The predicted molar refractivity (Wildman–Crippen MR) is 106 cm³/mol. The van der Waals surface area contributed by atoms with E-state index in [0.29, 0.717) is 17.8 Å². The fourth-order valence-corrected chi connectivity index (χ4v) is 3.19. The molecule has 1 aliphatic heterocycles. The highest BCUT2D eigenvalue weighted by molar-refractivity contribution is 5.92. The molecule has 0 saturated carbocycles. The summed E-state index contributed by atoms with van der Waals surface area (Å²) in [5.74, 6) is 0.633. The van der Waals surface area contributed by atoms with E-state index >= 15 is 0 Å². The topological polar surface area (TPSA) is 91.3 Å². The van der Waals surface area contributed by atoms with Gasteiger partial charge < -0.3 is 29.2 Å². The van der Waals surface area contributed by atoms with E-state index in [1.165, 1.54) is 4.57 Å². The van der Waals surface area contributed by atoms with Crippen molar-refractivity contribution in [2.75, 3.05) is 47.6 Å². The van der Waals surface area contributed by atoms with Crippen LogP contribution < -0.4 is 10.1 Å². The highest BCUT2D eigenvalue weighted by Crippen LogP contribution is 2.26. The maximum Gasteiger partial charge on any atom is 0.511 e. The van der Waals surface area contributed by atoms with Gasteiger partial charge in [-0.3, -0.25) is 4.57 Å². The van der Waals surface area contributed by atoms with Crippen LogP contribution in [0.15, 0.2) is 24.4 Å². The van der Waals surface area contributed by atoms with Gasteiger partial charge in [0.15, 0.2) is 0 Å². The molecule has 0 aliphatic carbocycles. The van der Waals surface area contributed by atoms with Gasteiger partial charge in [-0.2, -0.15) is 0 Å². The quantitative estimate of drug-likeness (QED) is 0.554. The van der Waals surface area contributed by atoms with Crippen LogP contribution in [0.1, 0.15) is 12.0 Å². The minimum Gasteiger partial charge on any atom is -0.497 e. The van der Waals surface area contributed by atoms with E-state index in [4.69, 9.17) is 18.9 Å². The first-order chi connectivity index (χ1) is 14.0. The summed E-state index contributed by atoms with van der Waals surface area (Å²) >= 11 is 0. The average Bonchev–Trinajstić information content (AvgIpc) is 3.33. The van der Waals surface area contributed by atoms with Crippen molar-refractivity contribution in [3.63, 3.8) is 0 Å². The molecular formula is C20H27N3O6. The fourth-order valence-electron chi connectivity index (χ4n) is 3.19. The lowest BCUT2D eigenvalue weighted by Crippen LogP contribution is -2.23. The van der Waals surface area contributed by atoms with Gasteiger partial charge in [-0.15, -0.1) is 0 Å². The molecule has 2 heterocycles. The number of nitrogens with zero attached hydrogens (tertiary/aromatic N) is 2. The molecule has 1 N–H and O–H groups in total. The normalized spacial score (nSPS) is 16.2. The molecule has 158 valence electrons. The number of hydrogen-bond acceptors (Lipinski definition) is 8. The maximum atomic E-state index is 12.6. The lowest BCUT2D eigenvalue weighted by Gasteiger charge is -2.11. The molecular weight excluding hydrogens is 378 g/mol. The Morgan fingerprint density at radius 1 is 1.28 bits per heavy atom. The second kappa shape index (κ2) is 9.62. The SMILES string of the molecule is COc1ccc2c(CCN(C)C)cn(C(=O)OCOC(=O)OC3CCNC3)c2c1. The first kappa shape index (κ1) is 20.9. The second-order valence-corrected chi connectivity index (χ2v) is 7.12. The fraction of sp³-hybridized carbons (Fsp3) is 0.500. The average molecular weight is 405 g/mol. The van der Waals surface area contributed by atoms with E-state index in [0.717, 1.165) is 36.9 Å². The molecule has 3 rings (SSSR count). The van der Waals surface area contributed by atoms with Gasteiger partial charge in [0.1, 0.15) is 11.9 Å². The largest absolute Gasteiger partial charge is 0.511 e. The third kappa shape index (κ3) is 5.39. The van der Waals surface area contributed by atoms with Crippen LogP contribution in [0.4, 0.5) is 9.59 Å². The van der Waals surface area contributed by atoms with E-state index in [2.05, 4.69) is 10.2 Å². The number of benzene rings is 1. The Morgan fingerprint density at radius 3 is 2.79 bits per heavy atom. The maximum absolute atomic E-state index is 12.6. The number of fused-ring (bicyclic) bond motifs is 1. The summed E-state index contributed by atoms with van der Waals surface area (Å²) in [6, 6.07) is 5.55. The standard InChI is InChI=1S/C20H27N3O6/c1-22(2)9-7-14-12-23(18-10-15(26-3)4-5-17(14)18)19(24)27-13-28-20(25)29-16-6-8-21-11-16/h4-5,10,12,16,21H,6-9,11,13H2,1-3H3. The number of hydrogen-bond donors (Lipinski definition) is 1. The first-order valence-electron chi connectivity index (χ1n) is 9.52. The zero-order valence-electron chi connectivity index (χ0n) is 17.0. The summed E-state index contributed by atoms with van der Waals surface area (Å²) in [6.45, 7) is 1.72. The number of carbonyl (C=O) groups excluding carboxylic acids is 2. The van der Waals surface area contributed by atoms with Crippen LogP contribution in [0.5, 0.6) is 5.75 Å². The molecule has 1 aromatic carbocycles. The minimum absolute atomic E-state index is 0.210. The van der Waals surface area contributed by atoms with Crippen molar-refractivity contribution in [3.8, 4) is 5.75 Å². The predicted octanol–water partition coefficient (Wildman–Crippen LogP) is 2.21. The minimum atomic E-state index is -0.850. The second-order valence-electron chi connectivity index (χ2n) is 7.12. The van der Waals surface area contributed by atoms with Crippen LogP contribution in [0.3, 0.4) is 0 Å². The highest BCUT2D eigenvalue weighted by Gasteiger charge is 2.20. The zero-order chi connectivity index (χ0) is 20.8. The molecule has 0 amide bonds. The first-order valence-corrected chi connectivity index (χ1v) is 9.52. The van der Waals surface area contributed by atoms with Gasteiger partial charge in [0.05, 0.1) is 12.6 Å². The molecule has 0 radical (unpaired) electrons. The van der Waals surface area contributed by atoms with Gasteiger partial charge in [-0.1, -0.05) is 0 Å². The van der Waals surface area contributed by atoms with Crippen molar-refractivity contribution in [1.82, 2.24) is 14.8 Å². The summed E-state index contributed by atoms with van der Waals surface area (Å²) in [7, 11) is 5.56. The lowest BCUT2D eigenvalue weighted by atomic mass is 10.1. The number of methoxy groups -OCH3 is 1. The van der Waals surface area contributed by atoms with Crippen LogP contribution in [-0.2, 0) is 20.6 Å². The van der Waals surface area contributed by atoms with E-state index in [1.54, 1.807) is 19.4 Å². The van der Waals surface area contributed by atoms with Crippen molar-refractivity contribution in [3.05, 3.63) is 30.0 Å². The Hall–Kier alpha value is -2.78. The van der Waals surface area contributed by atoms with Crippen molar-refractivity contribution in [2.45, 2.75) is 18.9 Å². The van der Waals surface area contributed by atoms with Crippen molar-refractivity contribution >= 4 is 23.2 Å². The summed E-state index contributed by atoms with van der Waals surface area (Å²) in [4.78, 5) is 26.3. The van der Waals surface area contributed by atoms with Crippen LogP contribution in [-0.4, -0.2) is 75.5 Å². The van der Waals surface area contributed by atoms with E-state index in [-0.39, 0.29) is 6.10 Å². The Balaban J connectivity index is 1.66. The number of ether oxygens (including phenoxy) is 4.